The lowest BCUT2D eigenvalue weighted by Gasteiger charge is -2.09. The Balaban J connectivity index is 1.69. The number of aromatic amines is 1. The Kier molecular flexibility index (Phi) is 3.84. The molecule has 16 heavy (non-hydrogen) atoms. The zero-order valence-corrected chi connectivity index (χ0v) is 10.1. The van der Waals surface area contributed by atoms with Crippen LogP contribution in [0.1, 0.15) is 11.5 Å². The molecule has 1 aromatic heterocycles. The van der Waals surface area contributed by atoms with Crippen LogP contribution in [0.3, 0.4) is 0 Å². The second kappa shape index (κ2) is 5.36. The molecule has 5 nitrogen and oxygen atoms in total. The van der Waals surface area contributed by atoms with E-state index in [4.69, 9.17) is 0 Å². The van der Waals surface area contributed by atoms with Gasteiger partial charge in [-0.15, -0.1) is 11.8 Å². The van der Waals surface area contributed by atoms with Crippen LogP contribution < -0.4 is 10.6 Å². The van der Waals surface area contributed by atoms with Gasteiger partial charge in [0.25, 0.3) is 0 Å². The fourth-order valence-electron chi connectivity index (χ4n) is 1.61. The Morgan fingerprint density at radius 2 is 2.62 bits per heavy atom. The summed E-state index contributed by atoms with van der Waals surface area (Å²) in [5.74, 6) is 2.75. The van der Waals surface area contributed by atoms with Gasteiger partial charge in [0.05, 0.1) is 6.04 Å². The molecule has 2 heterocycles. The third-order valence-electron chi connectivity index (χ3n) is 2.48. The molecular weight excluding hydrogens is 224 g/mol. The number of thioether (sulfide) groups is 1. The molecular formula is C10H16N4OS. The number of nitrogens with zero attached hydrogens (tertiary/aromatic N) is 1. The van der Waals surface area contributed by atoms with Gasteiger partial charge in [-0.05, 0) is 6.92 Å². The molecule has 3 N–H and O–H groups in total. The van der Waals surface area contributed by atoms with Gasteiger partial charge in [-0.1, -0.05) is 0 Å². The molecule has 0 spiro atoms. The zero-order chi connectivity index (χ0) is 11.4. The van der Waals surface area contributed by atoms with E-state index < -0.39 is 0 Å². The molecule has 0 saturated carbocycles. The van der Waals surface area contributed by atoms with Crippen molar-refractivity contribution in [2.45, 2.75) is 19.4 Å². The molecule has 1 aliphatic rings. The highest BCUT2D eigenvalue weighted by Gasteiger charge is 2.21. The van der Waals surface area contributed by atoms with Crippen LogP contribution in [0.4, 0.5) is 0 Å². The first-order valence-electron chi connectivity index (χ1n) is 5.35. The first-order chi connectivity index (χ1) is 7.75. The lowest BCUT2D eigenvalue weighted by atomic mass is 10.3. The van der Waals surface area contributed by atoms with Crippen molar-refractivity contribution in [2.75, 3.05) is 18.2 Å². The van der Waals surface area contributed by atoms with Crippen LogP contribution in [0.25, 0.3) is 0 Å². The van der Waals surface area contributed by atoms with Crippen LogP contribution in [0.2, 0.25) is 0 Å². The number of carbonyl (C=O) groups excluding carboxylic acids is 1. The van der Waals surface area contributed by atoms with Gasteiger partial charge in [0.15, 0.2) is 0 Å². The molecule has 2 rings (SSSR count). The minimum atomic E-state index is -0.0199. The lowest BCUT2D eigenvalue weighted by molar-refractivity contribution is -0.122. The molecule has 0 aromatic carbocycles. The van der Waals surface area contributed by atoms with Crippen LogP contribution in [0.5, 0.6) is 0 Å². The van der Waals surface area contributed by atoms with Crippen LogP contribution in [0, 0.1) is 6.92 Å². The van der Waals surface area contributed by atoms with Crippen molar-refractivity contribution >= 4 is 17.7 Å². The van der Waals surface area contributed by atoms with Crippen molar-refractivity contribution in [1.29, 1.82) is 0 Å². The van der Waals surface area contributed by atoms with Crippen LogP contribution >= 0.6 is 11.8 Å². The molecule has 88 valence electrons. The van der Waals surface area contributed by atoms with Crippen molar-refractivity contribution in [2.24, 2.45) is 0 Å². The minimum Gasteiger partial charge on any atom is -0.354 e. The van der Waals surface area contributed by atoms with E-state index in [9.17, 15) is 4.79 Å². The Morgan fingerprint density at radius 1 is 1.75 bits per heavy atom. The van der Waals surface area contributed by atoms with Crippen molar-refractivity contribution in [1.82, 2.24) is 20.6 Å². The topological polar surface area (TPSA) is 69.8 Å². The summed E-state index contributed by atoms with van der Waals surface area (Å²) in [4.78, 5) is 18.9. The molecule has 1 fully saturated rings. The average Bonchev–Trinajstić information content (AvgIpc) is 2.89. The third kappa shape index (κ3) is 2.99. The maximum atomic E-state index is 11.6. The van der Waals surface area contributed by atoms with Crippen molar-refractivity contribution in [3.8, 4) is 0 Å². The Bertz CT molecular complexity index is 359. The van der Waals surface area contributed by atoms with Crippen molar-refractivity contribution in [3.05, 3.63) is 17.7 Å². The third-order valence-corrected chi connectivity index (χ3v) is 3.42. The first kappa shape index (κ1) is 11.5. The van der Waals surface area contributed by atoms with E-state index in [1.165, 1.54) is 0 Å². The second-order valence-electron chi connectivity index (χ2n) is 3.81. The summed E-state index contributed by atoms with van der Waals surface area (Å²) in [7, 11) is 0. The number of H-pyrrole nitrogens is 1. The molecule has 0 bridgehead atoms. The average molecular weight is 240 g/mol. The van der Waals surface area contributed by atoms with Crippen LogP contribution in [-0.4, -0.2) is 40.1 Å². The molecule has 1 amide bonds. The monoisotopic (exact) mass is 240 g/mol. The van der Waals surface area contributed by atoms with E-state index in [0.29, 0.717) is 6.54 Å². The highest BCUT2D eigenvalue weighted by molar-refractivity contribution is 7.99. The maximum Gasteiger partial charge on any atom is 0.238 e. The Morgan fingerprint density at radius 3 is 3.25 bits per heavy atom. The fourth-order valence-corrected chi connectivity index (χ4v) is 2.55. The van der Waals surface area contributed by atoms with Gasteiger partial charge in [-0.25, -0.2) is 4.98 Å². The second-order valence-corrected chi connectivity index (χ2v) is 4.84. The van der Waals surface area contributed by atoms with E-state index in [1.807, 2.05) is 13.1 Å². The maximum absolute atomic E-state index is 11.6. The van der Waals surface area contributed by atoms with E-state index in [1.54, 1.807) is 11.8 Å². The number of aryl methyl sites for hydroxylation is 1. The van der Waals surface area contributed by atoms with Gasteiger partial charge in [0.2, 0.25) is 5.91 Å². The molecule has 1 saturated heterocycles. The molecule has 1 aliphatic heterocycles. The molecule has 1 unspecified atom stereocenters. The summed E-state index contributed by atoms with van der Waals surface area (Å²) in [6.45, 7) is 2.57. The predicted molar refractivity (Wildman–Crippen MR) is 64.3 cm³/mol. The molecule has 0 aliphatic carbocycles. The predicted octanol–water partition coefficient (Wildman–Crippen LogP) is 0.0393. The Hall–Kier alpha value is -1.01. The summed E-state index contributed by atoms with van der Waals surface area (Å²) >= 11 is 1.76. The number of imidazole rings is 1. The standard InChI is InChI=1S/C10H16N4OS/c1-7-12-4-8(14-7)2-3-11-10(15)9-5-16-6-13-9/h4,9,13H,2-3,5-6H2,1H3,(H,11,15)(H,12,14). The summed E-state index contributed by atoms with van der Waals surface area (Å²) in [5.41, 5.74) is 1.06. The van der Waals surface area contributed by atoms with Crippen molar-refractivity contribution in [3.63, 3.8) is 0 Å². The smallest absolute Gasteiger partial charge is 0.238 e. The minimum absolute atomic E-state index is 0.0199. The normalized spacial score (nSPS) is 19.9. The summed E-state index contributed by atoms with van der Waals surface area (Å²) < 4.78 is 0. The molecule has 1 aromatic rings. The van der Waals surface area contributed by atoms with Gasteiger partial charge >= 0.3 is 0 Å². The van der Waals surface area contributed by atoms with Crippen molar-refractivity contribution < 1.29 is 4.79 Å². The number of carbonyl (C=O) groups is 1. The molecule has 1 atom stereocenters. The number of rotatable bonds is 4. The summed E-state index contributed by atoms with van der Waals surface area (Å²) in [6.07, 6.45) is 2.61. The van der Waals surface area contributed by atoms with E-state index in [-0.39, 0.29) is 11.9 Å². The van der Waals surface area contributed by atoms with Gasteiger partial charge in [-0.2, -0.15) is 0 Å². The SMILES string of the molecule is Cc1ncc(CCNC(=O)C2CSCN2)[nH]1. The molecule has 6 heteroatoms. The first-order valence-corrected chi connectivity index (χ1v) is 6.50. The number of hydrogen-bond donors (Lipinski definition) is 3. The number of nitrogens with one attached hydrogen (secondary N) is 3. The molecule has 0 radical (unpaired) electrons. The lowest BCUT2D eigenvalue weighted by Crippen LogP contribution is -2.42. The van der Waals surface area contributed by atoms with Gasteiger partial charge in [0, 0.05) is 36.5 Å². The summed E-state index contributed by atoms with van der Waals surface area (Å²) in [5, 5.41) is 6.06. The van der Waals surface area contributed by atoms with E-state index in [0.717, 1.165) is 29.6 Å². The van der Waals surface area contributed by atoms with Gasteiger partial charge in [-0.3, -0.25) is 10.1 Å². The number of amides is 1. The fraction of sp³-hybridized carbons (Fsp3) is 0.600. The van der Waals surface area contributed by atoms with Gasteiger partial charge in [0.1, 0.15) is 5.82 Å². The Labute approximate surface area is 98.8 Å². The largest absolute Gasteiger partial charge is 0.354 e. The highest BCUT2D eigenvalue weighted by atomic mass is 32.2. The van der Waals surface area contributed by atoms with E-state index >= 15 is 0 Å². The summed E-state index contributed by atoms with van der Waals surface area (Å²) in [6, 6.07) is -0.0199. The van der Waals surface area contributed by atoms with Gasteiger partial charge < -0.3 is 10.3 Å². The number of aromatic nitrogens is 2. The zero-order valence-electron chi connectivity index (χ0n) is 9.25. The van der Waals surface area contributed by atoms with Crippen LogP contribution in [-0.2, 0) is 11.2 Å². The van der Waals surface area contributed by atoms with E-state index in [2.05, 4.69) is 20.6 Å². The van der Waals surface area contributed by atoms with Crippen LogP contribution in [0.15, 0.2) is 6.20 Å². The quantitative estimate of drug-likeness (QED) is 0.695. The number of hydrogen-bond acceptors (Lipinski definition) is 4. The highest BCUT2D eigenvalue weighted by Crippen LogP contribution is 2.09.